The summed E-state index contributed by atoms with van der Waals surface area (Å²) in [6.45, 7) is -2.18. The number of carbonyl (C=O) groups is 5. The number of hydrogen-bond donors (Lipinski definition) is 7. The Kier molecular flexibility index (Phi) is 12.1. The van der Waals surface area contributed by atoms with Gasteiger partial charge in [-0.25, -0.2) is 4.79 Å². The maximum Gasteiger partial charge on any atom is 0.325 e. The van der Waals surface area contributed by atoms with Crippen LogP contribution in [0.2, 0.25) is 0 Å². The molecule has 0 spiro atoms. The second kappa shape index (κ2) is 14.8. The summed E-state index contributed by atoms with van der Waals surface area (Å²) < 4.78 is 0. The van der Waals surface area contributed by atoms with Gasteiger partial charge in [0.2, 0.25) is 11.8 Å². The van der Waals surface area contributed by atoms with Crippen LogP contribution in [0.4, 0.5) is 0 Å². The van der Waals surface area contributed by atoms with Gasteiger partial charge in [0.1, 0.15) is 0 Å². The average molecular weight is 498 g/mol. The molecule has 1 rings (SSSR count). The predicted octanol–water partition coefficient (Wildman–Crippen LogP) is -3.83. The highest BCUT2D eigenvalue weighted by Crippen LogP contribution is 1.94. The Bertz CT molecular complexity index is 1050. The Balaban J connectivity index is 2.48. The summed E-state index contributed by atoms with van der Waals surface area (Å²) in [6.07, 6.45) is 3.38. The van der Waals surface area contributed by atoms with E-state index in [-0.39, 0.29) is 38.3 Å². The van der Waals surface area contributed by atoms with Crippen LogP contribution in [-0.4, -0.2) is 117 Å². The number of aromatic amines is 2. The zero-order valence-corrected chi connectivity index (χ0v) is 18.5. The Morgan fingerprint density at radius 3 is 1.86 bits per heavy atom. The third-order valence-corrected chi connectivity index (χ3v) is 4.18. The van der Waals surface area contributed by atoms with E-state index in [1.165, 1.54) is 11.0 Å². The van der Waals surface area contributed by atoms with Crippen molar-refractivity contribution in [3.05, 3.63) is 38.7 Å². The minimum atomic E-state index is -1.25. The molecule has 192 valence electrons. The molecule has 1 aromatic rings. The van der Waals surface area contributed by atoms with Crippen LogP contribution < -0.4 is 21.9 Å². The third kappa shape index (κ3) is 13.1. The van der Waals surface area contributed by atoms with Gasteiger partial charge in [0.15, 0.2) is 0 Å². The lowest BCUT2D eigenvalue weighted by Gasteiger charge is -2.24. The Morgan fingerprint density at radius 2 is 1.34 bits per heavy atom. The zero-order valence-electron chi connectivity index (χ0n) is 18.5. The van der Waals surface area contributed by atoms with Gasteiger partial charge in [0.05, 0.1) is 31.7 Å². The van der Waals surface area contributed by atoms with Gasteiger partial charge in [-0.2, -0.15) is 0 Å². The van der Waals surface area contributed by atoms with Gasteiger partial charge in [0, 0.05) is 38.5 Å². The molecule has 0 aliphatic heterocycles. The number of nitrogens with zero attached hydrogens (tertiary/aromatic N) is 2. The largest absolute Gasteiger partial charge is 0.480 e. The molecule has 0 saturated heterocycles. The quantitative estimate of drug-likeness (QED) is 0.0856. The van der Waals surface area contributed by atoms with Gasteiger partial charge < -0.3 is 30.9 Å². The van der Waals surface area contributed by atoms with E-state index in [0.717, 1.165) is 17.2 Å². The molecule has 2 amide bonds. The first-order chi connectivity index (χ1) is 16.5. The zero-order chi connectivity index (χ0) is 26.4. The lowest BCUT2D eigenvalue weighted by molar-refractivity contribution is -0.143. The van der Waals surface area contributed by atoms with Crippen molar-refractivity contribution in [3.63, 3.8) is 0 Å². The summed E-state index contributed by atoms with van der Waals surface area (Å²) >= 11 is 0. The van der Waals surface area contributed by atoms with Crippen molar-refractivity contribution in [2.24, 2.45) is 0 Å². The number of carbonyl (C=O) groups excluding carboxylic acids is 2. The minimum absolute atomic E-state index is 0.00270. The minimum Gasteiger partial charge on any atom is -0.480 e. The summed E-state index contributed by atoms with van der Waals surface area (Å²) in [5, 5.41) is 31.7. The predicted molar refractivity (Wildman–Crippen MR) is 119 cm³/mol. The fourth-order valence-corrected chi connectivity index (χ4v) is 2.70. The molecule has 16 nitrogen and oxygen atoms in total. The standard InChI is InChI=1S/C19H26N6O10/c26-13(2-1-12-7-22-19(35)23-18(12)34)20-3-4-21-14(27)8-24(9-15(28)29)5-6-25(10-16(30)31)11-17(32)33/h1-2,7H,3-6,8-11H2,(H,20,26)(H,21,27)(H,28,29)(H,30,31)(H,32,33)(H2,22,23,34,35)/b2-1+. The summed E-state index contributed by atoms with van der Waals surface area (Å²) in [5.41, 5.74) is -1.31. The number of amides is 2. The fourth-order valence-electron chi connectivity index (χ4n) is 2.70. The molecule has 0 saturated carbocycles. The van der Waals surface area contributed by atoms with Gasteiger partial charge in [-0.05, 0) is 6.08 Å². The Labute approximate surface area is 197 Å². The number of carboxylic acid groups (broad SMARTS) is 3. The summed E-state index contributed by atoms with van der Waals surface area (Å²) in [6, 6.07) is 0. The van der Waals surface area contributed by atoms with Crippen LogP contribution in [0.1, 0.15) is 5.56 Å². The highest BCUT2D eigenvalue weighted by molar-refractivity contribution is 5.91. The molecule has 0 aromatic carbocycles. The van der Waals surface area contributed by atoms with Crippen LogP contribution in [0.5, 0.6) is 0 Å². The van der Waals surface area contributed by atoms with Crippen molar-refractivity contribution >= 4 is 35.8 Å². The first kappa shape index (κ1) is 28.7. The molecule has 0 atom stereocenters. The van der Waals surface area contributed by atoms with E-state index in [9.17, 15) is 33.6 Å². The van der Waals surface area contributed by atoms with E-state index in [0.29, 0.717) is 0 Å². The molecule has 35 heavy (non-hydrogen) atoms. The molecule has 16 heteroatoms. The molecule has 0 radical (unpaired) electrons. The molecule has 0 aliphatic carbocycles. The SMILES string of the molecule is O=C(O)CN(CCN(CC(=O)O)CC(=O)NCCNC(=O)/C=C/c1c[nH]c(=O)[nH]c1=O)CC(=O)O. The van der Waals surface area contributed by atoms with E-state index in [4.69, 9.17) is 15.3 Å². The van der Waals surface area contributed by atoms with Crippen molar-refractivity contribution in [3.8, 4) is 0 Å². The van der Waals surface area contributed by atoms with Crippen molar-refractivity contribution in [2.75, 3.05) is 52.4 Å². The molecule has 1 aromatic heterocycles. The van der Waals surface area contributed by atoms with E-state index in [1.807, 2.05) is 4.98 Å². The topological polar surface area (TPSA) is 242 Å². The molecule has 0 fully saturated rings. The molecule has 0 aliphatic rings. The normalized spacial score (nSPS) is 11.0. The van der Waals surface area contributed by atoms with Gasteiger partial charge in [-0.1, -0.05) is 0 Å². The smallest absolute Gasteiger partial charge is 0.325 e. The number of aromatic nitrogens is 2. The van der Waals surface area contributed by atoms with Crippen molar-refractivity contribution in [1.82, 2.24) is 30.4 Å². The van der Waals surface area contributed by atoms with Gasteiger partial charge in [0.25, 0.3) is 5.56 Å². The number of rotatable bonds is 16. The molecular formula is C19H26N6O10. The molecule has 1 heterocycles. The van der Waals surface area contributed by atoms with E-state index in [1.54, 1.807) is 0 Å². The lowest BCUT2D eigenvalue weighted by atomic mass is 10.3. The first-order valence-electron chi connectivity index (χ1n) is 10.1. The van der Waals surface area contributed by atoms with Gasteiger partial charge in [-0.15, -0.1) is 0 Å². The molecule has 0 unspecified atom stereocenters. The van der Waals surface area contributed by atoms with Gasteiger partial charge >= 0.3 is 23.6 Å². The average Bonchev–Trinajstić information content (AvgIpc) is 2.73. The van der Waals surface area contributed by atoms with E-state index >= 15 is 0 Å². The van der Waals surface area contributed by atoms with Crippen molar-refractivity contribution < 1.29 is 39.3 Å². The van der Waals surface area contributed by atoms with E-state index < -0.39 is 60.6 Å². The van der Waals surface area contributed by atoms with Crippen molar-refractivity contribution in [1.29, 1.82) is 0 Å². The molecule has 7 N–H and O–H groups in total. The molecule has 0 bridgehead atoms. The Hall–Kier alpha value is -4.31. The number of hydrogen-bond acceptors (Lipinski definition) is 9. The van der Waals surface area contributed by atoms with Crippen LogP contribution in [-0.2, 0) is 24.0 Å². The fraction of sp³-hybridized carbons (Fsp3) is 0.421. The van der Waals surface area contributed by atoms with E-state index in [2.05, 4.69) is 15.6 Å². The van der Waals surface area contributed by atoms with Crippen LogP contribution >= 0.6 is 0 Å². The second-order valence-corrected chi connectivity index (χ2v) is 7.10. The van der Waals surface area contributed by atoms with Crippen LogP contribution in [0, 0.1) is 0 Å². The first-order valence-corrected chi connectivity index (χ1v) is 10.1. The Morgan fingerprint density at radius 1 is 0.829 bits per heavy atom. The lowest BCUT2D eigenvalue weighted by Crippen LogP contribution is -2.46. The third-order valence-electron chi connectivity index (χ3n) is 4.18. The summed E-state index contributed by atoms with van der Waals surface area (Å²) in [4.78, 5) is 85.7. The maximum atomic E-state index is 12.1. The highest BCUT2D eigenvalue weighted by Gasteiger charge is 2.18. The van der Waals surface area contributed by atoms with Crippen LogP contribution in [0.15, 0.2) is 21.9 Å². The van der Waals surface area contributed by atoms with Gasteiger partial charge in [-0.3, -0.25) is 43.6 Å². The number of nitrogens with one attached hydrogen (secondary N) is 4. The monoisotopic (exact) mass is 498 g/mol. The van der Waals surface area contributed by atoms with Crippen LogP contribution in [0.3, 0.4) is 0 Å². The van der Waals surface area contributed by atoms with Crippen molar-refractivity contribution in [2.45, 2.75) is 0 Å². The summed E-state index contributed by atoms with van der Waals surface area (Å²) in [5.74, 6) is -4.89. The highest BCUT2D eigenvalue weighted by atomic mass is 16.4. The van der Waals surface area contributed by atoms with Crippen LogP contribution in [0.25, 0.3) is 6.08 Å². The number of carboxylic acids is 3. The summed E-state index contributed by atoms with van der Waals surface area (Å²) in [7, 11) is 0. The maximum absolute atomic E-state index is 12.1. The molecular weight excluding hydrogens is 472 g/mol. The number of H-pyrrole nitrogens is 2. The second-order valence-electron chi connectivity index (χ2n) is 7.10. The number of aliphatic carboxylic acids is 3.